The molecule has 0 unspecified atom stereocenters. The summed E-state index contributed by atoms with van der Waals surface area (Å²) >= 11 is 0. The van der Waals surface area contributed by atoms with Crippen LogP contribution in [0.15, 0.2) is 18.2 Å². The van der Waals surface area contributed by atoms with Gasteiger partial charge in [-0.05, 0) is 63.5 Å². The molecule has 2 aliphatic rings. The Morgan fingerprint density at radius 2 is 1.56 bits per heavy atom. The summed E-state index contributed by atoms with van der Waals surface area (Å²) in [5, 5.41) is 0. The molecule has 0 aliphatic carbocycles. The Kier molecular flexibility index (Phi) is 4.71. The zero-order chi connectivity index (χ0) is 18.5. The summed E-state index contributed by atoms with van der Waals surface area (Å²) in [4.78, 5) is 0. The molecule has 2 saturated heterocycles. The number of alkyl halides is 3. The molecular formula is C18H24BF3O3. The average molecular weight is 356 g/mol. The summed E-state index contributed by atoms with van der Waals surface area (Å²) < 4.78 is 58.0. The van der Waals surface area contributed by atoms with E-state index < -0.39 is 30.1 Å². The highest BCUT2D eigenvalue weighted by Crippen LogP contribution is 2.40. The van der Waals surface area contributed by atoms with Crippen LogP contribution in [0.3, 0.4) is 0 Å². The number of rotatable bonds is 2. The van der Waals surface area contributed by atoms with E-state index in [9.17, 15) is 13.2 Å². The number of benzene rings is 1. The Morgan fingerprint density at radius 1 is 1.00 bits per heavy atom. The third kappa shape index (κ3) is 3.59. The van der Waals surface area contributed by atoms with Gasteiger partial charge in [-0.2, -0.15) is 13.2 Å². The van der Waals surface area contributed by atoms with Gasteiger partial charge >= 0.3 is 13.3 Å². The van der Waals surface area contributed by atoms with Crippen LogP contribution < -0.4 is 5.46 Å². The van der Waals surface area contributed by atoms with E-state index >= 15 is 0 Å². The van der Waals surface area contributed by atoms with Crippen LogP contribution in [-0.2, 0) is 20.2 Å². The molecule has 1 aromatic rings. The molecule has 0 radical (unpaired) electrons. The van der Waals surface area contributed by atoms with Gasteiger partial charge in [0.05, 0.1) is 16.8 Å². The molecule has 0 saturated carbocycles. The van der Waals surface area contributed by atoms with E-state index in [1.165, 1.54) is 6.07 Å². The zero-order valence-corrected chi connectivity index (χ0v) is 15.1. The third-order valence-corrected chi connectivity index (χ3v) is 5.57. The number of halogens is 3. The van der Waals surface area contributed by atoms with Crippen molar-refractivity contribution in [2.24, 2.45) is 0 Å². The lowest BCUT2D eigenvalue weighted by Gasteiger charge is -2.32. The summed E-state index contributed by atoms with van der Waals surface area (Å²) in [6, 6.07) is 4.47. The predicted molar refractivity (Wildman–Crippen MR) is 90.0 cm³/mol. The molecule has 7 heteroatoms. The van der Waals surface area contributed by atoms with E-state index in [2.05, 4.69) is 0 Å². The second-order valence-electron chi connectivity index (χ2n) is 7.82. The maximum absolute atomic E-state index is 13.7. The first-order chi connectivity index (χ1) is 11.5. The minimum absolute atomic E-state index is 0.127. The van der Waals surface area contributed by atoms with Crippen LogP contribution in [0.2, 0.25) is 0 Å². The van der Waals surface area contributed by atoms with E-state index in [0.717, 1.165) is 0 Å². The Labute approximate surface area is 147 Å². The molecule has 3 rings (SSSR count). The van der Waals surface area contributed by atoms with Gasteiger partial charge in [-0.3, -0.25) is 0 Å². The van der Waals surface area contributed by atoms with Gasteiger partial charge in [0, 0.05) is 13.2 Å². The molecule has 138 valence electrons. The van der Waals surface area contributed by atoms with Crippen LogP contribution in [0, 0.1) is 0 Å². The van der Waals surface area contributed by atoms with Crippen molar-refractivity contribution in [3.63, 3.8) is 0 Å². The fourth-order valence-corrected chi connectivity index (χ4v) is 3.31. The molecule has 2 fully saturated rings. The van der Waals surface area contributed by atoms with Crippen molar-refractivity contribution in [2.45, 2.75) is 63.8 Å². The first-order valence-electron chi connectivity index (χ1n) is 8.66. The Bertz CT molecular complexity index is 621. The molecule has 3 nitrogen and oxygen atoms in total. The average Bonchev–Trinajstić information content (AvgIpc) is 2.75. The zero-order valence-electron chi connectivity index (χ0n) is 15.1. The van der Waals surface area contributed by atoms with Gasteiger partial charge in [-0.1, -0.05) is 12.1 Å². The lowest BCUT2D eigenvalue weighted by Crippen LogP contribution is -2.41. The smallest absolute Gasteiger partial charge is 0.399 e. The van der Waals surface area contributed by atoms with Gasteiger partial charge in [0.1, 0.15) is 0 Å². The maximum Gasteiger partial charge on any atom is 0.494 e. The van der Waals surface area contributed by atoms with Gasteiger partial charge in [0.2, 0.25) is 0 Å². The van der Waals surface area contributed by atoms with Crippen LogP contribution in [0.4, 0.5) is 13.2 Å². The highest BCUT2D eigenvalue weighted by Gasteiger charge is 2.52. The molecule has 0 bridgehead atoms. The molecule has 2 heterocycles. The van der Waals surface area contributed by atoms with E-state index in [0.29, 0.717) is 37.1 Å². The molecule has 25 heavy (non-hydrogen) atoms. The lowest BCUT2D eigenvalue weighted by molar-refractivity contribution is -0.138. The third-order valence-electron chi connectivity index (χ3n) is 5.57. The minimum atomic E-state index is -4.41. The van der Waals surface area contributed by atoms with Gasteiger partial charge in [-0.25, -0.2) is 0 Å². The van der Waals surface area contributed by atoms with Crippen molar-refractivity contribution in [1.29, 1.82) is 0 Å². The minimum Gasteiger partial charge on any atom is -0.399 e. The van der Waals surface area contributed by atoms with Gasteiger partial charge in [0.25, 0.3) is 0 Å². The number of hydrogen-bond acceptors (Lipinski definition) is 3. The highest BCUT2D eigenvalue weighted by molar-refractivity contribution is 6.62. The van der Waals surface area contributed by atoms with E-state index in [1.807, 2.05) is 27.7 Å². The van der Waals surface area contributed by atoms with Crippen molar-refractivity contribution in [3.05, 3.63) is 29.3 Å². The van der Waals surface area contributed by atoms with Crippen LogP contribution in [-0.4, -0.2) is 31.5 Å². The second kappa shape index (κ2) is 6.29. The molecule has 0 atom stereocenters. The first-order valence-corrected chi connectivity index (χ1v) is 8.66. The van der Waals surface area contributed by atoms with E-state index in [4.69, 9.17) is 14.0 Å². The van der Waals surface area contributed by atoms with Crippen LogP contribution >= 0.6 is 0 Å². The van der Waals surface area contributed by atoms with Crippen LogP contribution in [0.25, 0.3) is 0 Å². The largest absolute Gasteiger partial charge is 0.494 e. The molecular weight excluding hydrogens is 332 g/mol. The quantitative estimate of drug-likeness (QED) is 0.753. The molecule has 1 aromatic carbocycles. The monoisotopic (exact) mass is 356 g/mol. The molecule has 0 spiro atoms. The first kappa shape index (κ1) is 18.7. The Morgan fingerprint density at radius 3 is 2.08 bits per heavy atom. The molecule has 2 aliphatic heterocycles. The van der Waals surface area contributed by atoms with Gasteiger partial charge in [-0.15, -0.1) is 0 Å². The van der Waals surface area contributed by atoms with E-state index in [1.54, 1.807) is 12.1 Å². The molecule has 0 N–H and O–H groups in total. The Balaban J connectivity index is 1.95. The number of hydrogen-bond donors (Lipinski definition) is 0. The summed E-state index contributed by atoms with van der Waals surface area (Å²) in [5.74, 6) is -0.127. The van der Waals surface area contributed by atoms with Crippen molar-refractivity contribution < 1.29 is 27.2 Å². The predicted octanol–water partition coefficient (Wildman–Crippen LogP) is 3.90. The van der Waals surface area contributed by atoms with Crippen molar-refractivity contribution >= 4 is 12.6 Å². The summed E-state index contributed by atoms with van der Waals surface area (Å²) in [6.07, 6.45) is -3.19. The molecule has 0 aromatic heterocycles. The van der Waals surface area contributed by atoms with Crippen molar-refractivity contribution in [3.8, 4) is 0 Å². The normalized spacial score (nSPS) is 23.9. The van der Waals surface area contributed by atoms with Gasteiger partial charge < -0.3 is 14.0 Å². The summed E-state index contributed by atoms with van der Waals surface area (Å²) in [5.41, 5.74) is -1.02. The van der Waals surface area contributed by atoms with Gasteiger partial charge in [0.15, 0.2) is 0 Å². The fourth-order valence-electron chi connectivity index (χ4n) is 3.31. The maximum atomic E-state index is 13.7. The topological polar surface area (TPSA) is 27.7 Å². The highest BCUT2D eigenvalue weighted by atomic mass is 19.4. The van der Waals surface area contributed by atoms with Crippen molar-refractivity contribution in [1.82, 2.24) is 0 Å². The van der Waals surface area contributed by atoms with Crippen LogP contribution in [0.5, 0.6) is 0 Å². The van der Waals surface area contributed by atoms with Crippen LogP contribution in [0.1, 0.15) is 57.6 Å². The summed E-state index contributed by atoms with van der Waals surface area (Å²) in [6.45, 7) is 8.53. The second-order valence-corrected chi connectivity index (χ2v) is 7.82. The van der Waals surface area contributed by atoms with Crippen molar-refractivity contribution in [2.75, 3.05) is 13.2 Å². The lowest BCUT2D eigenvalue weighted by atomic mass is 9.76. The standard InChI is InChI=1S/C18H24BF3O3/c1-16(2)17(3,4)25-19(24-16)13-5-6-14(12-7-9-23-10-8-12)15(11-13)18(20,21)22/h5-6,11-12H,7-10H2,1-4H3. The fraction of sp³-hybridized carbons (Fsp3) is 0.667. The Hall–Kier alpha value is -1.05. The SMILES string of the molecule is CC1(C)OB(c2ccc(C3CCOCC3)c(C(F)(F)F)c2)OC1(C)C. The summed E-state index contributed by atoms with van der Waals surface area (Å²) in [7, 11) is -0.796. The number of ether oxygens (including phenoxy) is 1. The van der Waals surface area contributed by atoms with E-state index in [-0.39, 0.29) is 5.92 Å². The molecule has 0 amide bonds.